The molecule has 5 rings (SSSR count). The molecule has 16 heteroatoms. The molecule has 1 aliphatic heterocycles. The highest BCUT2D eigenvalue weighted by molar-refractivity contribution is 5.97. The zero-order valence-electron chi connectivity index (χ0n) is 22.7. The Bertz CT molecular complexity index is 1630. The first-order valence-corrected chi connectivity index (χ1v) is 13.4. The molecule has 228 valence electrons. The van der Waals surface area contributed by atoms with Gasteiger partial charge in [0.2, 0.25) is 11.6 Å². The average molecular weight is 604 g/mol. The average Bonchev–Trinajstić information content (AvgIpc) is 3.61. The second-order valence-electron chi connectivity index (χ2n) is 9.73. The Hall–Kier alpha value is -4.70. The van der Waals surface area contributed by atoms with Gasteiger partial charge in [-0.25, -0.2) is 9.97 Å². The van der Waals surface area contributed by atoms with Gasteiger partial charge in [0, 0.05) is 70.4 Å². The molecule has 4 heterocycles. The number of rotatable bonds is 9. The normalized spacial score (nSPS) is 14.0. The molecular weight excluding hydrogens is 575 g/mol. The summed E-state index contributed by atoms with van der Waals surface area (Å²) in [5.74, 6) is -0.941. The van der Waals surface area contributed by atoms with Gasteiger partial charge in [0.1, 0.15) is 11.5 Å². The standard InChI is InChI=1S/C27H28F3N7O6/c28-27(29,30)23-19(16-36(33-23)6-1-12-38)20-15-32-24-25(31-5-7-37(20)24)43-17-2-3-18(21(40)14-17)26(42)35-10-8-34(9-11-35)22(41)4-13-39/h2-3,5,7,14-16,38-40H,1,4,6,8-13H2. The van der Waals surface area contributed by atoms with Crippen molar-refractivity contribution in [1.82, 2.24) is 33.9 Å². The van der Waals surface area contributed by atoms with Crippen molar-refractivity contribution in [3.05, 3.63) is 54.2 Å². The Labute approximate surface area is 242 Å². The first-order valence-electron chi connectivity index (χ1n) is 13.4. The fraction of sp³-hybridized carbons (Fsp3) is 0.370. The number of benzene rings is 1. The second kappa shape index (κ2) is 12.3. The van der Waals surface area contributed by atoms with Crippen LogP contribution in [0, 0.1) is 0 Å². The van der Waals surface area contributed by atoms with Crippen LogP contribution in [0.3, 0.4) is 0 Å². The number of aliphatic hydroxyl groups excluding tert-OH is 2. The number of phenolic OH excluding ortho intramolecular Hbond substituents is 1. The van der Waals surface area contributed by atoms with E-state index in [1.165, 1.54) is 52.3 Å². The van der Waals surface area contributed by atoms with Gasteiger partial charge in [0.25, 0.3) is 11.8 Å². The Balaban J connectivity index is 1.35. The number of aliphatic hydroxyl groups is 2. The van der Waals surface area contributed by atoms with Gasteiger partial charge in [0.05, 0.1) is 29.6 Å². The van der Waals surface area contributed by atoms with Crippen molar-refractivity contribution in [2.24, 2.45) is 0 Å². The first kappa shape index (κ1) is 29.8. The number of phenols is 1. The highest BCUT2D eigenvalue weighted by Gasteiger charge is 2.38. The van der Waals surface area contributed by atoms with Gasteiger partial charge in [-0.2, -0.15) is 18.3 Å². The third kappa shape index (κ3) is 6.24. The van der Waals surface area contributed by atoms with Crippen molar-refractivity contribution < 1.29 is 42.8 Å². The first-order chi connectivity index (χ1) is 20.6. The number of amides is 2. The minimum absolute atomic E-state index is 0.0174. The lowest BCUT2D eigenvalue weighted by Gasteiger charge is -2.34. The molecule has 1 aliphatic rings. The number of aromatic nitrogens is 5. The fourth-order valence-electron chi connectivity index (χ4n) is 4.78. The van der Waals surface area contributed by atoms with Gasteiger partial charge in [-0.3, -0.25) is 18.7 Å². The van der Waals surface area contributed by atoms with E-state index in [9.17, 15) is 27.9 Å². The Morgan fingerprint density at radius 1 is 1.02 bits per heavy atom. The van der Waals surface area contributed by atoms with Crippen LogP contribution in [-0.2, 0) is 17.5 Å². The van der Waals surface area contributed by atoms with Crippen LogP contribution in [-0.4, -0.2) is 100 Å². The number of imidazole rings is 1. The number of fused-ring (bicyclic) bond motifs is 1. The molecule has 2 amide bonds. The predicted octanol–water partition coefficient (Wildman–Crippen LogP) is 2.16. The van der Waals surface area contributed by atoms with Crippen molar-refractivity contribution in [3.8, 4) is 28.6 Å². The van der Waals surface area contributed by atoms with E-state index in [-0.39, 0.29) is 91.4 Å². The fourth-order valence-corrected chi connectivity index (χ4v) is 4.78. The Morgan fingerprint density at radius 3 is 2.44 bits per heavy atom. The number of halogens is 3. The molecule has 4 aromatic rings. The van der Waals surface area contributed by atoms with Crippen LogP contribution < -0.4 is 4.74 Å². The van der Waals surface area contributed by atoms with Crippen molar-refractivity contribution in [1.29, 1.82) is 0 Å². The predicted molar refractivity (Wildman–Crippen MR) is 143 cm³/mol. The molecule has 13 nitrogen and oxygen atoms in total. The topological polar surface area (TPSA) is 159 Å². The molecule has 0 aliphatic carbocycles. The SMILES string of the molecule is O=C(CCO)N1CCN(C(=O)c2ccc(Oc3nccn4c(-c5cn(CCCO)nc5C(F)(F)F)cnc34)cc2O)CC1. The molecule has 0 bridgehead atoms. The molecule has 1 saturated heterocycles. The number of aryl methyl sites for hydroxylation is 1. The van der Waals surface area contributed by atoms with Crippen LogP contribution in [0.2, 0.25) is 0 Å². The largest absolute Gasteiger partial charge is 0.507 e. The van der Waals surface area contributed by atoms with Gasteiger partial charge in [-0.05, 0) is 18.6 Å². The lowest BCUT2D eigenvalue weighted by molar-refractivity contribution is -0.141. The van der Waals surface area contributed by atoms with E-state index in [1.54, 1.807) is 4.90 Å². The van der Waals surface area contributed by atoms with Gasteiger partial charge >= 0.3 is 6.18 Å². The number of hydrogen-bond donors (Lipinski definition) is 3. The summed E-state index contributed by atoms with van der Waals surface area (Å²) in [7, 11) is 0. The number of aromatic hydroxyl groups is 1. The minimum atomic E-state index is -4.74. The van der Waals surface area contributed by atoms with E-state index in [0.29, 0.717) is 13.1 Å². The molecule has 0 atom stereocenters. The van der Waals surface area contributed by atoms with Crippen molar-refractivity contribution in [3.63, 3.8) is 0 Å². The summed E-state index contributed by atoms with van der Waals surface area (Å²) in [5, 5.41) is 32.3. The van der Waals surface area contributed by atoms with Crippen LogP contribution in [0.4, 0.5) is 13.2 Å². The number of ether oxygens (including phenoxy) is 1. The van der Waals surface area contributed by atoms with Crippen LogP contribution in [0.1, 0.15) is 28.9 Å². The minimum Gasteiger partial charge on any atom is -0.507 e. The highest BCUT2D eigenvalue weighted by Crippen LogP contribution is 2.37. The molecule has 0 radical (unpaired) electrons. The molecule has 0 spiro atoms. The lowest BCUT2D eigenvalue weighted by atomic mass is 10.1. The lowest BCUT2D eigenvalue weighted by Crippen LogP contribution is -2.50. The third-order valence-electron chi connectivity index (χ3n) is 6.91. The van der Waals surface area contributed by atoms with E-state index in [4.69, 9.17) is 14.9 Å². The monoisotopic (exact) mass is 603 g/mol. The summed E-state index contributed by atoms with van der Waals surface area (Å²) in [4.78, 5) is 36.4. The quantitative estimate of drug-likeness (QED) is 0.261. The molecule has 3 N–H and O–H groups in total. The highest BCUT2D eigenvalue weighted by atomic mass is 19.4. The maximum absolute atomic E-state index is 13.8. The zero-order valence-corrected chi connectivity index (χ0v) is 22.7. The Morgan fingerprint density at radius 2 is 1.77 bits per heavy atom. The number of carbonyl (C=O) groups is 2. The van der Waals surface area contributed by atoms with E-state index < -0.39 is 17.8 Å². The molecule has 1 aromatic carbocycles. The zero-order chi connectivity index (χ0) is 30.7. The number of nitrogens with zero attached hydrogens (tertiary/aromatic N) is 7. The smallest absolute Gasteiger partial charge is 0.435 e. The number of alkyl halides is 3. The van der Waals surface area contributed by atoms with E-state index in [1.807, 2.05) is 0 Å². The summed E-state index contributed by atoms with van der Waals surface area (Å²) in [6.45, 7) is 0.785. The van der Waals surface area contributed by atoms with Gasteiger partial charge in [0.15, 0.2) is 5.69 Å². The van der Waals surface area contributed by atoms with E-state index >= 15 is 0 Å². The molecule has 0 unspecified atom stereocenters. The van der Waals surface area contributed by atoms with Crippen molar-refractivity contribution in [2.45, 2.75) is 25.6 Å². The van der Waals surface area contributed by atoms with Crippen LogP contribution in [0.15, 0.2) is 43.0 Å². The van der Waals surface area contributed by atoms with Crippen molar-refractivity contribution >= 4 is 17.5 Å². The molecule has 1 fully saturated rings. The van der Waals surface area contributed by atoms with Gasteiger partial charge in [-0.15, -0.1) is 0 Å². The van der Waals surface area contributed by atoms with Crippen LogP contribution in [0.25, 0.3) is 16.9 Å². The van der Waals surface area contributed by atoms with Crippen LogP contribution >= 0.6 is 0 Å². The summed E-state index contributed by atoms with van der Waals surface area (Å²) in [6.07, 6.45) is 0.730. The molecule has 3 aromatic heterocycles. The maximum Gasteiger partial charge on any atom is 0.435 e. The van der Waals surface area contributed by atoms with Crippen molar-refractivity contribution in [2.75, 3.05) is 39.4 Å². The number of carbonyl (C=O) groups excluding carboxylic acids is 2. The summed E-state index contributed by atoms with van der Waals surface area (Å²) in [5.41, 5.74) is -1.10. The third-order valence-corrected chi connectivity index (χ3v) is 6.91. The second-order valence-corrected chi connectivity index (χ2v) is 9.73. The summed E-state index contributed by atoms with van der Waals surface area (Å²) in [6, 6.07) is 4.04. The molecular formula is C27H28F3N7O6. The Kier molecular flexibility index (Phi) is 8.50. The summed E-state index contributed by atoms with van der Waals surface area (Å²) >= 11 is 0. The van der Waals surface area contributed by atoms with Gasteiger partial charge in [-0.1, -0.05) is 0 Å². The number of hydrogen-bond acceptors (Lipinski definition) is 9. The summed E-state index contributed by atoms with van der Waals surface area (Å²) < 4.78 is 49.7. The molecule has 43 heavy (non-hydrogen) atoms. The number of piperazine rings is 1. The maximum atomic E-state index is 13.8. The van der Waals surface area contributed by atoms with Gasteiger partial charge < -0.3 is 29.9 Å². The molecule has 0 saturated carbocycles. The van der Waals surface area contributed by atoms with E-state index in [2.05, 4.69) is 15.1 Å². The van der Waals surface area contributed by atoms with E-state index in [0.717, 1.165) is 4.68 Å². The van der Waals surface area contributed by atoms with Crippen LogP contribution in [0.5, 0.6) is 17.4 Å².